The van der Waals surface area contributed by atoms with Crippen molar-refractivity contribution in [3.63, 3.8) is 0 Å². The molecule has 0 aromatic heterocycles. The van der Waals surface area contributed by atoms with Gasteiger partial charge >= 0.3 is 17.9 Å². The maximum atomic E-state index is 13.5. The number of ether oxygens (including phenoxy) is 5. The van der Waals surface area contributed by atoms with Gasteiger partial charge in [0.2, 0.25) is 0 Å². The average Bonchev–Trinajstić information content (AvgIpc) is 0.807. The lowest BCUT2D eigenvalue weighted by Crippen LogP contribution is -2.36. The van der Waals surface area contributed by atoms with Crippen molar-refractivity contribution in [2.75, 3.05) is 59.5 Å². The van der Waals surface area contributed by atoms with Crippen molar-refractivity contribution < 1.29 is 58.5 Å². The van der Waals surface area contributed by atoms with E-state index in [2.05, 4.69) is 151 Å². The van der Waals surface area contributed by atoms with E-state index in [1.54, 1.807) is 13.8 Å². The summed E-state index contributed by atoms with van der Waals surface area (Å²) in [6.45, 7) is 25.2. The lowest BCUT2D eigenvalue weighted by Gasteiger charge is -2.29. The molecule has 0 radical (unpaired) electrons. The molecule has 94 heavy (non-hydrogen) atoms. The molecule has 0 amide bonds. The number of aliphatic hydroxyl groups excluding tert-OH is 4. The minimum absolute atomic E-state index is 0.0518. The molecule has 0 spiro atoms. The van der Waals surface area contributed by atoms with Crippen LogP contribution in [0.15, 0.2) is 152 Å². The van der Waals surface area contributed by atoms with E-state index in [0.717, 1.165) is 81.3 Å². The fourth-order valence-corrected chi connectivity index (χ4v) is 11.3. The highest BCUT2D eigenvalue weighted by atomic mass is 16.5. The van der Waals surface area contributed by atoms with Gasteiger partial charge in [0.15, 0.2) is 0 Å². The number of carbonyl (C=O) groups excluding carboxylic acids is 3. The highest BCUT2D eigenvalue weighted by Crippen LogP contribution is 2.39. The second-order valence-corrected chi connectivity index (χ2v) is 25.8. The molecule has 12 nitrogen and oxygen atoms in total. The molecule has 6 aromatic rings. The Labute approximate surface area is 561 Å². The summed E-state index contributed by atoms with van der Waals surface area (Å²) in [4.78, 5) is 39.2. The number of benzene rings is 6. The summed E-state index contributed by atoms with van der Waals surface area (Å²) in [6, 6.07) is 41.3. The minimum atomic E-state index is -0.891. The summed E-state index contributed by atoms with van der Waals surface area (Å²) in [5, 5.41) is 41.0. The third-order valence-electron chi connectivity index (χ3n) is 18.0. The van der Waals surface area contributed by atoms with E-state index in [1.807, 2.05) is 19.1 Å². The Kier molecular flexibility index (Phi) is 31.0. The van der Waals surface area contributed by atoms with Crippen LogP contribution in [0.25, 0.3) is 44.5 Å². The number of esters is 3. The summed E-state index contributed by atoms with van der Waals surface area (Å²) in [6.07, 6.45) is 14.5. The van der Waals surface area contributed by atoms with Crippen molar-refractivity contribution in [3.8, 4) is 56.0 Å². The Bertz CT molecular complexity index is 3410. The van der Waals surface area contributed by atoms with E-state index in [4.69, 9.17) is 23.7 Å². The second-order valence-electron chi connectivity index (χ2n) is 25.8. The number of unbranched alkanes of at least 4 members (excludes halogenated alkanes) is 4. The second kappa shape index (κ2) is 38.7. The minimum Gasteiger partial charge on any atom is -0.493 e. The van der Waals surface area contributed by atoms with Crippen molar-refractivity contribution in [3.05, 3.63) is 191 Å². The molecular formula is C82H106O12. The Balaban J connectivity index is 1.10. The Hall–Kier alpha value is -7.61. The van der Waals surface area contributed by atoms with Gasteiger partial charge in [0.25, 0.3) is 0 Å². The van der Waals surface area contributed by atoms with E-state index in [0.29, 0.717) is 62.0 Å². The molecule has 0 heterocycles. The van der Waals surface area contributed by atoms with Crippen molar-refractivity contribution in [1.82, 2.24) is 0 Å². The molecule has 0 saturated heterocycles. The molecule has 0 bridgehead atoms. The van der Waals surface area contributed by atoms with Gasteiger partial charge in [0, 0.05) is 22.1 Å². The highest BCUT2D eigenvalue weighted by Gasteiger charge is 2.30. The Morgan fingerprint density at radius 3 is 1.27 bits per heavy atom. The van der Waals surface area contributed by atoms with Crippen LogP contribution in [0.5, 0.6) is 11.5 Å². The van der Waals surface area contributed by atoms with Crippen molar-refractivity contribution >= 4 is 17.9 Å². The zero-order valence-corrected chi connectivity index (χ0v) is 57.4. The van der Waals surface area contributed by atoms with E-state index in [-0.39, 0.29) is 83.4 Å². The van der Waals surface area contributed by atoms with Crippen molar-refractivity contribution in [2.24, 2.45) is 10.8 Å². The molecule has 0 unspecified atom stereocenters. The molecule has 0 aliphatic heterocycles. The first kappa shape index (κ1) is 75.4. The molecule has 0 fully saturated rings. The van der Waals surface area contributed by atoms with Gasteiger partial charge in [0.05, 0.1) is 64.9 Å². The molecule has 0 aliphatic carbocycles. The van der Waals surface area contributed by atoms with Crippen LogP contribution >= 0.6 is 0 Å². The van der Waals surface area contributed by atoms with Gasteiger partial charge in [-0.25, -0.2) is 14.4 Å². The normalized spacial score (nSPS) is 11.5. The smallest absolute Gasteiger partial charge is 0.333 e. The third kappa shape index (κ3) is 22.3. The fourth-order valence-electron chi connectivity index (χ4n) is 11.3. The number of aryl methyl sites for hydroxylation is 7. The van der Waals surface area contributed by atoms with Crippen LogP contribution in [0, 0.1) is 10.8 Å². The fraction of sp³-hybridized carbons (Fsp3) is 0.451. The van der Waals surface area contributed by atoms with Gasteiger partial charge in [-0.3, -0.25) is 0 Å². The van der Waals surface area contributed by atoms with E-state index in [9.17, 15) is 34.8 Å². The molecule has 4 N–H and O–H groups in total. The van der Waals surface area contributed by atoms with E-state index < -0.39 is 28.7 Å². The predicted molar refractivity (Wildman–Crippen MR) is 380 cm³/mol. The molecule has 506 valence electrons. The zero-order chi connectivity index (χ0) is 68.0. The highest BCUT2D eigenvalue weighted by molar-refractivity contribution is 5.90. The van der Waals surface area contributed by atoms with Gasteiger partial charge in [-0.2, -0.15) is 0 Å². The summed E-state index contributed by atoms with van der Waals surface area (Å²) in [7, 11) is 0. The lowest BCUT2D eigenvalue weighted by molar-refractivity contribution is -0.140. The average molecular weight is 1280 g/mol. The summed E-state index contributed by atoms with van der Waals surface area (Å²) >= 11 is 0. The van der Waals surface area contributed by atoms with Crippen LogP contribution in [-0.2, 0) is 73.5 Å². The van der Waals surface area contributed by atoms with Gasteiger partial charge in [-0.15, -0.1) is 0 Å². The lowest BCUT2D eigenvalue weighted by atomic mass is 9.87. The molecule has 0 aliphatic rings. The first-order valence-electron chi connectivity index (χ1n) is 34.4. The number of hydrogen-bond donors (Lipinski definition) is 4. The largest absolute Gasteiger partial charge is 0.493 e. The number of aliphatic hydroxyl groups is 4. The quantitative estimate of drug-likeness (QED) is 0.0123. The standard InChI is InChI=1S/C82H106O12/c1-11-16-18-23-61-30-34-65(35-31-61)67-38-41-74(63(13-3)47-67)69-40-43-76(93-56-81(10,52-83)53-84)70(49-69)25-20-45-91-79(88)59(8)28-29-60(9)80(89)92-46-22-27-72-51-73(75-42-39-68(48-64(75)14-4)66-36-32-62(33-37-66)24-19-17-12-2)50-71(26-21-44-90-78(87)58(6)7)77(72)94-57-82(15-5,54-85)55-86/h30-43,47-51,83-86H,6,8-9,11-29,44-46,52-57H2,1-5,7,10H3. The maximum absolute atomic E-state index is 13.5. The van der Waals surface area contributed by atoms with Crippen LogP contribution < -0.4 is 9.47 Å². The Morgan fingerprint density at radius 1 is 0.426 bits per heavy atom. The van der Waals surface area contributed by atoms with Crippen LogP contribution in [0.4, 0.5) is 0 Å². The number of rotatable bonds is 43. The summed E-state index contributed by atoms with van der Waals surface area (Å²) < 4.78 is 30.0. The molecular weight excluding hydrogens is 1180 g/mol. The maximum Gasteiger partial charge on any atom is 0.333 e. The van der Waals surface area contributed by atoms with E-state index >= 15 is 0 Å². The van der Waals surface area contributed by atoms with Gasteiger partial charge in [0.1, 0.15) is 11.5 Å². The number of carbonyl (C=O) groups is 3. The molecule has 0 saturated carbocycles. The first-order valence-corrected chi connectivity index (χ1v) is 34.4. The van der Waals surface area contributed by atoms with Gasteiger partial charge < -0.3 is 44.1 Å². The zero-order valence-electron chi connectivity index (χ0n) is 57.4. The monoisotopic (exact) mass is 1280 g/mol. The molecule has 6 rings (SSSR count). The van der Waals surface area contributed by atoms with Crippen LogP contribution in [0.3, 0.4) is 0 Å². The topological polar surface area (TPSA) is 178 Å². The van der Waals surface area contributed by atoms with Crippen LogP contribution in [0.2, 0.25) is 0 Å². The molecule has 6 aromatic carbocycles. The van der Waals surface area contributed by atoms with Crippen LogP contribution in [-0.4, -0.2) is 97.8 Å². The predicted octanol–water partition coefficient (Wildman–Crippen LogP) is 16.7. The van der Waals surface area contributed by atoms with Crippen molar-refractivity contribution in [2.45, 2.75) is 170 Å². The molecule has 12 heteroatoms. The first-order chi connectivity index (χ1) is 45.4. The molecule has 0 atom stereocenters. The SMILES string of the molecule is C=C(C)C(=O)OCCCc1cc(-c2ccc(-c3ccc(CCCCC)cc3)cc2CC)cc(CCCOC(=O)C(=C)CCC(=C)C(=O)OCCCc2cc(-c3ccc(-c4ccc(CCCCC)cc4)cc3CC)ccc2OCC(C)(CO)CO)c1OCC(CC)(CO)CO. The summed E-state index contributed by atoms with van der Waals surface area (Å²) in [5.74, 6) is -0.390. The van der Waals surface area contributed by atoms with E-state index in [1.165, 1.54) is 66.3 Å². The summed E-state index contributed by atoms with van der Waals surface area (Å²) in [5.41, 5.74) is 15.5. The van der Waals surface area contributed by atoms with Gasteiger partial charge in [-0.05, 0) is 211 Å². The van der Waals surface area contributed by atoms with Crippen molar-refractivity contribution in [1.29, 1.82) is 0 Å². The third-order valence-corrected chi connectivity index (χ3v) is 18.0. The Morgan fingerprint density at radius 2 is 0.840 bits per heavy atom. The van der Waals surface area contributed by atoms with Crippen LogP contribution in [0.1, 0.15) is 164 Å². The number of hydrogen-bond acceptors (Lipinski definition) is 12. The van der Waals surface area contributed by atoms with Gasteiger partial charge in [-0.1, -0.05) is 178 Å².